The number of hydrogen-bond donors (Lipinski definition) is 1. The number of halogens is 1. The Morgan fingerprint density at radius 2 is 2.10 bits per heavy atom. The molecule has 4 heteroatoms. The molecule has 5 rings (SSSR count). The summed E-state index contributed by atoms with van der Waals surface area (Å²) in [4.78, 5) is 12.4. The summed E-state index contributed by atoms with van der Waals surface area (Å²) in [6.07, 6.45) is 10.1. The zero-order valence-corrected chi connectivity index (χ0v) is 13.8. The van der Waals surface area contributed by atoms with E-state index in [9.17, 15) is 4.79 Å². The van der Waals surface area contributed by atoms with Gasteiger partial charge in [-0.2, -0.15) is 0 Å². The van der Waals surface area contributed by atoms with Crippen LogP contribution in [0.3, 0.4) is 0 Å². The van der Waals surface area contributed by atoms with Gasteiger partial charge < -0.3 is 9.73 Å². The van der Waals surface area contributed by atoms with Crippen LogP contribution in [-0.4, -0.2) is 10.2 Å². The van der Waals surface area contributed by atoms with Crippen molar-refractivity contribution < 1.29 is 9.21 Å². The number of alkyl halides is 1. The summed E-state index contributed by atoms with van der Waals surface area (Å²) in [6.45, 7) is 0.508. The minimum Gasteiger partial charge on any atom is -0.467 e. The molecule has 21 heavy (non-hydrogen) atoms. The number of carbonyl (C=O) groups is 1. The lowest BCUT2D eigenvalue weighted by Crippen LogP contribution is -2.54. The van der Waals surface area contributed by atoms with Gasteiger partial charge in [0.2, 0.25) is 5.91 Å². The normalized spacial score (nSPS) is 40.4. The van der Waals surface area contributed by atoms with Crippen molar-refractivity contribution in [2.75, 3.05) is 0 Å². The van der Waals surface area contributed by atoms with Gasteiger partial charge >= 0.3 is 0 Å². The van der Waals surface area contributed by atoms with Crippen molar-refractivity contribution in [3.63, 3.8) is 0 Å². The zero-order valence-electron chi connectivity index (χ0n) is 12.2. The van der Waals surface area contributed by atoms with E-state index in [0.717, 1.165) is 17.6 Å². The van der Waals surface area contributed by atoms with Crippen molar-refractivity contribution in [2.45, 2.75) is 55.8 Å². The predicted octanol–water partition coefficient (Wildman–Crippen LogP) is 4.02. The standard InChI is InChI=1S/C17H22BrNO2/c18-17-7-12-4-13(8-17)6-16(5-12,11-17)9-15(20)19-10-14-2-1-3-21-14/h1-3,12-13H,4-11H2,(H,19,20)/t12-,13-,16?,17?/m0/s1. The van der Waals surface area contributed by atoms with Gasteiger partial charge in [0.1, 0.15) is 5.76 Å². The molecule has 0 aliphatic heterocycles. The van der Waals surface area contributed by atoms with E-state index < -0.39 is 0 Å². The molecule has 1 aromatic heterocycles. The summed E-state index contributed by atoms with van der Waals surface area (Å²) in [5.74, 6) is 2.68. The van der Waals surface area contributed by atoms with Gasteiger partial charge in [0, 0.05) is 10.7 Å². The van der Waals surface area contributed by atoms with E-state index in [1.54, 1.807) is 6.26 Å². The maximum atomic E-state index is 12.4. The number of amides is 1. The fourth-order valence-electron chi connectivity index (χ4n) is 5.54. The lowest BCUT2D eigenvalue weighted by molar-refractivity contribution is -0.128. The first-order valence-corrected chi connectivity index (χ1v) is 8.82. The summed E-state index contributed by atoms with van der Waals surface area (Å²) in [5.41, 5.74) is 0.251. The van der Waals surface area contributed by atoms with Gasteiger partial charge in [-0.3, -0.25) is 4.79 Å². The van der Waals surface area contributed by atoms with Crippen LogP contribution in [-0.2, 0) is 11.3 Å². The highest BCUT2D eigenvalue weighted by Crippen LogP contribution is 2.65. The van der Waals surface area contributed by atoms with Gasteiger partial charge in [0.25, 0.3) is 0 Å². The molecule has 0 spiro atoms. The zero-order chi connectivity index (χ0) is 14.5. The Labute approximate surface area is 134 Å². The van der Waals surface area contributed by atoms with E-state index in [0.29, 0.717) is 17.3 Å². The summed E-state index contributed by atoms with van der Waals surface area (Å²) in [5, 5.41) is 3.02. The quantitative estimate of drug-likeness (QED) is 0.832. The Morgan fingerprint density at radius 3 is 2.71 bits per heavy atom. The molecule has 2 atom stereocenters. The van der Waals surface area contributed by atoms with E-state index in [1.807, 2.05) is 12.1 Å². The van der Waals surface area contributed by atoms with Crippen LogP contribution in [0.1, 0.15) is 50.7 Å². The second-order valence-electron chi connectivity index (χ2n) is 7.64. The highest BCUT2D eigenvalue weighted by Gasteiger charge is 2.57. The van der Waals surface area contributed by atoms with Crippen LogP contribution >= 0.6 is 15.9 Å². The SMILES string of the molecule is O=C(CC12C[C@@H]3C[C@H](CC(Br)(C3)C1)C2)NCc1ccco1. The molecule has 0 saturated heterocycles. The molecule has 114 valence electrons. The Kier molecular flexibility index (Phi) is 3.21. The van der Waals surface area contributed by atoms with E-state index in [-0.39, 0.29) is 11.3 Å². The summed E-state index contributed by atoms with van der Waals surface area (Å²) >= 11 is 4.01. The Balaban J connectivity index is 1.41. The van der Waals surface area contributed by atoms with Crippen molar-refractivity contribution in [2.24, 2.45) is 17.3 Å². The highest BCUT2D eigenvalue weighted by molar-refractivity contribution is 9.10. The molecule has 4 saturated carbocycles. The van der Waals surface area contributed by atoms with Crippen LogP contribution in [0.2, 0.25) is 0 Å². The lowest BCUT2D eigenvalue weighted by atomic mass is 9.48. The molecule has 0 unspecified atom stereocenters. The van der Waals surface area contributed by atoms with Gasteiger partial charge in [0.15, 0.2) is 0 Å². The molecule has 1 N–H and O–H groups in total. The van der Waals surface area contributed by atoms with E-state index >= 15 is 0 Å². The Bertz CT molecular complexity index is 525. The Morgan fingerprint density at radius 1 is 1.33 bits per heavy atom. The van der Waals surface area contributed by atoms with Crippen molar-refractivity contribution in [1.82, 2.24) is 5.32 Å². The smallest absolute Gasteiger partial charge is 0.220 e. The maximum Gasteiger partial charge on any atom is 0.220 e. The molecular formula is C17H22BrNO2. The minimum absolute atomic E-state index is 0.185. The topological polar surface area (TPSA) is 42.2 Å². The van der Waals surface area contributed by atoms with Gasteiger partial charge in [-0.25, -0.2) is 0 Å². The molecule has 4 aliphatic rings. The summed E-state index contributed by atoms with van der Waals surface area (Å²) in [7, 11) is 0. The second kappa shape index (κ2) is 4.87. The Hall–Kier alpha value is -0.770. The largest absolute Gasteiger partial charge is 0.467 e. The van der Waals surface area contributed by atoms with E-state index in [2.05, 4.69) is 21.2 Å². The van der Waals surface area contributed by atoms with Crippen molar-refractivity contribution in [3.8, 4) is 0 Å². The molecule has 4 aliphatic carbocycles. The maximum absolute atomic E-state index is 12.4. The van der Waals surface area contributed by atoms with Crippen LogP contribution in [0.4, 0.5) is 0 Å². The van der Waals surface area contributed by atoms with Crippen molar-refractivity contribution >= 4 is 21.8 Å². The first-order valence-electron chi connectivity index (χ1n) is 8.02. The van der Waals surface area contributed by atoms with Crippen LogP contribution in [0.15, 0.2) is 22.8 Å². The number of nitrogens with one attached hydrogen (secondary N) is 1. The van der Waals surface area contributed by atoms with Gasteiger partial charge in [-0.15, -0.1) is 0 Å². The fourth-order valence-corrected chi connectivity index (χ4v) is 7.06. The van der Waals surface area contributed by atoms with E-state index in [4.69, 9.17) is 4.42 Å². The van der Waals surface area contributed by atoms with Crippen molar-refractivity contribution in [1.29, 1.82) is 0 Å². The number of carbonyl (C=O) groups excluding carboxylic acids is 1. The van der Waals surface area contributed by atoms with Gasteiger partial charge in [-0.05, 0) is 67.9 Å². The molecule has 0 aromatic carbocycles. The van der Waals surface area contributed by atoms with Crippen LogP contribution in [0, 0.1) is 17.3 Å². The minimum atomic E-state index is 0.185. The average Bonchev–Trinajstić information content (AvgIpc) is 2.85. The second-order valence-corrected chi connectivity index (χ2v) is 9.33. The molecule has 4 fully saturated rings. The molecule has 4 bridgehead atoms. The third-order valence-electron chi connectivity index (χ3n) is 5.69. The van der Waals surface area contributed by atoms with Crippen LogP contribution < -0.4 is 5.32 Å². The third kappa shape index (κ3) is 2.67. The number of rotatable bonds is 4. The monoisotopic (exact) mass is 351 g/mol. The highest BCUT2D eigenvalue weighted by atomic mass is 79.9. The predicted molar refractivity (Wildman–Crippen MR) is 83.9 cm³/mol. The fraction of sp³-hybridized carbons (Fsp3) is 0.706. The van der Waals surface area contributed by atoms with Crippen LogP contribution in [0.25, 0.3) is 0 Å². The van der Waals surface area contributed by atoms with E-state index in [1.165, 1.54) is 38.5 Å². The molecular weight excluding hydrogens is 330 g/mol. The first-order chi connectivity index (χ1) is 10.0. The van der Waals surface area contributed by atoms with Gasteiger partial charge in [-0.1, -0.05) is 15.9 Å². The van der Waals surface area contributed by atoms with Crippen molar-refractivity contribution in [3.05, 3.63) is 24.2 Å². The number of hydrogen-bond acceptors (Lipinski definition) is 2. The summed E-state index contributed by atoms with van der Waals surface area (Å²) < 4.78 is 5.60. The average molecular weight is 352 g/mol. The number of furan rings is 1. The van der Waals surface area contributed by atoms with Gasteiger partial charge in [0.05, 0.1) is 12.8 Å². The summed E-state index contributed by atoms with van der Waals surface area (Å²) in [6, 6.07) is 3.76. The van der Waals surface area contributed by atoms with Crippen LogP contribution in [0.5, 0.6) is 0 Å². The lowest BCUT2D eigenvalue weighted by Gasteiger charge is -2.60. The molecule has 1 aromatic rings. The third-order valence-corrected chi connectivity index (χ3v) is 6.61. The first kappa shape index (κ1) is 13.9. The molecule has 0 radical (unpaired) electrons. The molecule has 1 amide bonds. The molecule has 1 heterocycles. The molecule has 3 nitrogen and oxygen atoms in total.